The first-order chi connectivity index (χ1) is 5.97. The highest BCUT2D eigenvalue weighted by Gasteiger charge is 2.04. The monoisotopic (exact) mass is 171 g/mol. The van der Waals surface area contributed by atoms with E-state index in [1.807, 2.05) is 0 Å². The normalized spacial score (nSPS) is 13.4. The van der Waals surface area contributed by atoms with Crippen LogP contribution in [0.25, 0.3) is 0 Å². The Labute approximate surface area is 86.6 Å². The van der Waals surface area contributed by atoms with Crippen molar-refractivity contribution in [3.63, 3.8) is 0 Å². The smallest absolute Gasteiger partial charge is 0.106 e. The van der Waals surface area contributed by atoms with Gasteiger partial charge in [-0.15, -0.1) is 10.9 Å². The Balaban J connectivity index is 4.30. The Morgan fingerprint density at radius 3 is 1.85 bits per heavy atom. The van der Waals surface area contributed by atoms with E-state index >= 15 is 0 Å². The van der Waals surface area contributed by atoms with Crippen molar-refractivity contribution in [1.82, 2.24) is 0 Å². The van der Waals surface area contributed by atoms with E-state index in [4.69, 9.17) is 15.6 Å². The van der Waals surface area contributed by atoms with E-state index in [2.05, 4.69) is 27.7 Å². The molecule has 13 heavy (non-hydrogen) atoms. The minimum absolute atomic E-state index is 0.599. The molecular formula is C10H18B3. The molecule has 0 spiro atoms. The summed E-state index contributed by atoms with van der Waals surface area (Å²) in [6.07, 6.45) is 1.92. The molecule has 0 fully saturated rings. The summed E-state index contributed by atoms with van der Waals surface area (Å²) in [6, 6.07) is 0. The fourth-order valence-corrected chi connectivity index (χ4v) is 1.32. The van der Waals surface area contributed by atoms with Gasteiger partial charge in [-0.1, -0.05) is 27.7 Å². The zero-order valence-electron chi connectivity index (χ0n) is 9.30. The Morgan fingerprint density at radius 1 is 1.08 bits per heavy atom. The average Bonchev–Trinajstić information content (AvgIpc) is 1.98. The summed E-state index contributed by atoms with van der Waals surface area (Å²) in [5.74, 6) is 1.21. The first-order valence-electron chi connectivity index (χ1n) is 4.99. The van der Waals surface area contributed by atoms with Gasteiger partial charge in [-0.25, -0.2) is 0 Å². The number of hydrogen-bond acceptors (Lipinski definition) is 0. The highest BCUT2D eigenvalue weighted by atomic mass is 14.0. The van der Waals surface area contributed by atoms with E-state index in [1.54, 1.807) is 7.17 Å². The maximum atomic E-state index is 5.95. The molecule has 0 aliphatic rings. The molecule has 0 unspecified atom stereocenters. The van der Waals surface area contributed by atoms with E-state index in [0.29, 0.717) is 11.8 Å². The highest BCUT2D eigenvalue weighted by molar-refractivity contribution is 6.94. The third-order valence-electron chi connectivity index (χ3n) is 1.87. The molecule has 0 saturated heterocycles. The molecule has 0 aliphatic carbocycles. The maximum absolute atomic E-state index is 5.95. The molecule has 0 atom stereocenters. The summed E-state index contributed by atoms with van der Waals surface area (Å²) in [5, 5.41) is 0. The van der Waals surface area contributed by atoms with Crippen LogP contribution in [-0.4, -0.2) is 22.8 Å². The zero-order valence-corrected chi connectivity index (χ0v) is 9.30. The fraction of sp³-hybridized carbons (Fsp3) is 0.800. The van der Waals surface area contributed by atoms with Gasteiger partial charge in [0.25, 0.3) is 0 Å². The third-order valence-corrected chi connectivity index (χ3v) is 1.87. The largest absolute Gasteiger partial charge is 0.129 e. The van der Waals surface area contributed by atoms with Crippen LogP contribution in [0.2, 0.25) is 0 Å². The van der Waals surface area contributed by atoms with Gasteiger partial charge in [0.15, 0.2) is 0 Å². The van der Waals surface area contributed by atoms with Gasteiger partial charge in [0, 0.05) is 7.74 Å². The van der Waals surface area contributed by atoms with Gasteiger partial charge >= 0.3 is 0 Å². The molecule has 0 nitrogen and oxygen atoms in total. The predicted octanol–water partition coefficient (Wildman–Crippen LogP) is 2.25. The lowest BCUT2D eigenvalue weighted by atomic mass is 9.47. The molecule has 5 radical (unpaired) electrons. The number of rotatable bonds is 5. The Hall–Kier alpha value is -0.0652. The molecule has 0 aromatic heterocycles. The van der Waals surface area contributed by atoms with E-state index in [9.17, 15) is 0 Å². The summed E-state index contributed by atoms with van der Waals surface area (Å²) in [5.41, 5.74) is 2.06. The summed E-state index contributed by atoms with van der Waals surface area (Å²) in [4.78, 5) is 0. The lowest BCUT2D eigenvalue weighted by Crippen LogP contribution is -2.06. The molecule has 0 aromatic rings. The topological polar surface area (TPSA) is 0 Å². The maximum Gasteiger partial charge on any atom is 0.106 e. The molecule has 67 valence electrons. The van der Waals surface area contributed by atoms with Crippen molar-refractivity contribution in [3.8, 4) is 0 Å². The Bertz CT molecular complexity index is 171. The van der Waals surface area contributed by atoms with Gasteiger partial charge in [0.2, 0.25) is 0 Å². The van der Waals surface area contributed by atoms with Crippen molar-refractivity contribution in [1.29, 1.82) is 0 Å². The highest BCUT2D eigenvalue weighted by Crippen LogP contribution is 2.17. The summed E-state index contributed by atoms with van der Waals surface area (Å²) in [7, 11) is 13.1. The second kappa shape index (κ2) is 6.40. The van der Waals surface area contributed by atoms with Gasteiger partial charge in [-0.3, -0.25) is 0 Å². The van der Waals surface area contributed by atoms with Crippen molar-refractivity contribution in [2.24, 2.45) is 11.8 Å². The summed E-state index contributed by atoms with van der Waals surface area (Å²) < 4.78 is 0. The van der Waals surface area contributed by atoms with E-state index < -0.39 is 0 Å². The Kier molecular flexibility index (Phi) is 6.37. The first kappa shape index (κ1) is 12.9. The van der Waals surface area contributed by atoms with Crippen LogP contribution in [0, 0.1) is 11.8 Å². The lowest BCUT2D eigenvalue weighted by molar-refractivity contribution is 0.633. The molecule has 0 aliphatic heterocycles. The zero-order chi connectivity index (χ0) is 10.4. The van der Waals surface area contributed by atoms with Gasteiger partial charge < -0.3 is 0 Å². The van der Waals surface area contributed by atoms with Crippen molar-refractivity contribution in [2.75, 3.05) is 0 Å². The van der Waals surface area contributed by atoms with Crippen LogP contribution in [0.4, 0.5) is 0 Å². The minimum atomic E-state index is 0.599. The fourth-order valence-electron chi connectivity index (χ4n) is 1.32. The van der Waals surface area contributed by atoms with Crippen LogP contribution in [0.1, 0.15) is 40.5 Å². The third kappa shape index (κ3) is 6.07. The number of hydrogen-bond donors (Lipinski definition) is 0. The van der Waals surface area contributed by atoms with Crippen molar-refractivity contribution in [2.45, 2.75) is 40.5 Å². The molecule has 0 bridgehead atoms. The van der Waals surface area contributed by atoms with Crippen LogP contribution >= 0.6 is 0 Å². The SMILES string of the molecule is [B][B]/C(CC(C)C)=C(\[B])CC(C)C. The van der Waals surface area contributed by atoms with Gasteiger partial charge in [-0.2, -0.15) is 0 Å². The molecule has 0 heterocycles. The quantitative estimate of drug-likeness (QED) is 0.556. The Morgan fingerprint density at radius 2 is 1.54 bits per heavy atom. The molecule has 0 aromatic carbocycles. The lowest BCUT2D eigenvalue weighted by Gasteiger charge is -2.15. The predicted molar refractivity (Wildman–Crippen MR) is 63.2 cm³/mol. The van der Waals surface area contributed by atoms with E-state index in [-0.39, 0.29) is 0 Å². The van der Waals surface area contributed by atoms with Gasteiger partial charge in [0.1, 0.15) is 7.85 Å². The molecule has 0 saturated carbocycles. The first-order valence-corrected chi connectivity index (χ1v) is 4.99. The minimum Gasteiger partial charge on any atom is -0.129 e. The second-order valence-corrected chi connectivity index (χ2v) is 4.41. The van der Waals surface area contributed by atoms with E-state index in [0.717, 1.165) is 23.8 Å². The average molecular weight is 171 g/mol. The number of allylic oxidation sites excluding steroid dienone is 2. The van der Waals surface area contributed by atoms with Gasteiger partial charge in [0.05, 0.1) is 7.17 Å². The summed E-state index contributed by atoms with van der Waals surface area (Å²) >= 11 is 0. The standard InChI is InChI=1S/C10H18B3/c1-7(2)5-9(11)10(13-12)6-8(3)4/h7-8H,5-6H2,1-4H3/b10-9-. The van der Waals surface area contributed by atoms with Crippen LogP contribution < -0.4 is 0 Å². The second-order valence-electron chi connectivity index (χ2n) is 4.41. The van der Waals surface area contributed by atoms with Crippen molar-refractivity contribution in [3.05, 3.63) is 10.9 Å². The molecular weight excluding hydrogens is 153 g/mol. The molecule has 0 rings (SSSR count). The van der Waals surface area contributed by atoms with Crippen LogP contribution in [0.15, 0.2) is 10.9 Å². The summed E-state index contributed by atoms with van der Waals surface area (Å²) in [6.45, 7) is 8.67. The van der Waals surface area contributed by atoms with E-state index in [1.165, 1.54) is 0 Å². The van der Waals surface area contributed by atoms with Gasteiger partial charge in [-0.05, 0) is 24.7 Å². The van der Waals surface area contributed by atoms with Crippen molar-refractivity contribution >= 4 is 22.8 Å². The molecule has 3 heteroatoms. The molecule has 0 N–H and O–H groups in total. The van der Waals surface area contributed by atoms with Crippen molar-refractivity contribution < 1.29 is 0 Å². The molecule has 0 amide bonds. The van der Waals surface area contributed by atoms with Crippen LogP contribution in [0.3, 0.4) is 0 Å². The van der Waals surface area contributed by atoms with Crippen LogP contribution in [-0.2, 0) is 0 Å². The van der Waals surface area contributed by atoms with Crippen LogP contribution in [0.5, 0.6) is 0 Å².